The van der Waals surface area contributed by atoms with Gasteiger partial charge in [-0.3, -0.25) is 4.98 Å². The van der Waals surface area contributed by atoms with Crippen molar-refractivity contribution in [1.82, 2.24) is 25.1 Å². The maximum absolute atomic E-state index is 4.48. The molecule has 1 aliphatic heterocycles. The molecule has 0 unspecified atom stereocenters. The number of aromatic nitrogens is 5. The van der Waals surface area contributed by atoms with E-state index in [0.29, 0.717) is 11.9 Å². The highest BCUT2D eigenvalue weighted by Crippen LogP contribution is 2.24. The van der Waals surface area contributed by atoms with E-state index in [0.717, 1.165) is 42.5 Å². The zero-order valence-electron chi connectivity index (χ0n) is 15.4. The van der Waals surface area contributed by atoms with Crippen molar-refractivity contribution in [3.8, 4) is 11.3 Å². The number of hydrogen-bond donors (Lipinski definition) is 1. The Morgan fingerprint density at radius 3 is 2.56 bits per heavy atom. The second-order valence-electron chi connectivity index (χ2n) is 6.80. The van der Waals surface area contributed by atoms with Gasteiger partial charge in [0.1, 0.15) is 5.82 Å². The number of anilines is 3. The molecule has 1 saturated heterocycles. The van der Waals surface area contributed by atoms with Crippen molar-refractivity contribution < 1.29 is 0 Å². The van der Waals surface area contributed by atoms with Gasteiger partial charge in [0.15, 0.2) is 5.82 Å². The highest BCUT2D eigenvalue weighted by Gasteiger charge is 2.27. The van der Waals surface area contributed by atoms with Gasteiger partial charge in [-0.25, -0.2) is 4.98 Å². The van der Waals surface area contributed by atoms with Crippen LogP contribution in [0.2, 0.25) is 0 Å². The van der Waals surface area contributed by atoms with E-state index in [2.05, 4.69) is 35.4 Å². The van der Waals surface area contributed by atoms with E-state index in [9.17, 15) is 0 Å². The molecule has 0 amide bonds. The molecule has 0 atom stereocenters. The minimum absolute atomic E-state index is 0.560. The van der Waals surface area contributed by atoms with Crippen molar-refractivity contribution >= 4 is 17.6 Å². The van der Waals surface area contributed by atoms with Crippen LogP contribution in [0.1, 0.15) is 0 Å². The summed E-state index contributed by atoms with van der Waals surface area (Å²) in [6.45, 7) is 2.80. The van der Waals surface area contributed by atoms with E-state index in [1.165, 1.54) is 0 Å². The first kappa shape index (κ1) is 17.1. The van der Waals surface area contributed by atoms with E-state index < -0.39 is 0 Å². The van der Waals surface area contributed by atoms with Crippen molar-refractivity contribution in [2.75, 3.05) is 48.8 Å². The third kappa shape index (κ3) is 3.94. The van der Waals surface area contributed by atoms with Gasteiger partial charge in [-0.15, -0.1) is 10.2 Å². The van der Waals surface area contributed by atoms with Crippen LogP contribution in [0.4, 0.5) is 17.6 Å². The Hall–Kier alpha value is -3.29. The average molecular weight is 362 g/mol. The van der Waals surface area contributed by atoms with Crippen LogP contribution in [0.3, 0.4) is 0 Å². The van der Waals surface area contributed by atoms with Gasteiger partial charge in [0.2, 0.25) is 5.95 Å². The lowest BCUT2D eigenvalue weighted by Crippen LogP contribution is -2.50. The molecule has 27 heavy (non-hydrogen) atoms. The summed E-state index contributed by atoms with van der Waals surface area (Å²) in [5.41, 5.74) is 1.89. The van der Waals surface area contributed by atoms with Crippen LogP contribution in [0.15, 0.2) is 48.9 Å². The van der Waals surface area contributed by atoms with Gasteiger partial charge in [-0.1, -0.05) is 0 Å². The van der Waals surface area contributed by atoms with Gasteiger partial charge in [-0.05, 0) is 30.3 Å². The van der Waals surface area contributed by atoms with Crippen LogP contribution in [0.5, 0.6) is 0 Å². The molecule has 1 N–H and O–H groups in total. The standard InChI is InChI=1S/C19H22N8/c1-26(2)19-21-10-7-17(23-19)22-11-14-12-27(13-14)18-4-3-16(24-25-18)15-5-8-20-9-6-15/h3-10,14H,11-13H2,1-2H3,(H,21,22,23). The molecule has 0 spiro atoms. The SMILES string of the molecule is CN(C)c1nccc(NCC2CN(c3ccc(-c4ccncc4)nn3)C2)n1. The Kier molecular flexibility index (Phi) is 4.78. The lowest BCUT2D eigenvalue weighted by Gasteiger charge is -2.40. The fraction of sp³-hybridized carbons (Fsp3) is 0.316. The second-order valence-corrected chi connectivity index (χ2v) is 6.80. The molecule has 138 valence electrons. The van der Waals surface area contributed by atoms with E-state index in [1.54, 1.807) is 18.6 Å². The van der Waals surface area contributed by atoms with Gasteiger partial charge in [-0.2, -0.15) is 4.98 Å². The molecule has 0 radical (unpaired) electrons. The molecule has 3 aromatic heterocycles. The Balaban J connectivity index is 1.29. The molecule has 0 aromatic carbocycles. The zero-order chi connectivity index (χ0) is 18.6. The van der Waals surface area contributed by atoms with Crippen LogP contribution in [0.25, 0.3) is 11.3 Å². The van der Waals surface area contributed by atoms with Gasteiger partial charge in [0.05, 0.1) is 5.69 Å². The summed E-state index contributed by atoms with van der Waals surface area (Å²) in [5, 5.41) is 12.1. The van der Waals surface area contributed by atoms with Crippen molar-refractivity contribution in [2.24, 2.45) is 5.92 Å². The highest BCUT2D eigenvalue weighted by molar-refractivity contribution is 5.59. The average Bonchev–Trinajstić information content (AvgIpc) is 2.68. The fourth-order valence-corrected chi connectivity index (χ4v) is 2.97. The highest BCUT2D eigenvalue weighted by atomic mass is 15.3. The third-order valence-electron chi connectivity index (χ3n) is 4.52. The van der Waals surface area contributed by atoms with Gasteiger partial charge >= 0.3 is 0 Å². The fourth-order valence-electron chi connectivity index (χ4n) is 2.97. The Labute approximate surface area is 158 Å². The summed E-state index contributed by atoms with van der Waals surface area (Å²) in [7, 11) is 3.87. The van der Waals surface area contributed by atoms with Gasteiger partial charge in [0, 0.05) is 63.8 Å². The summed E-state index contributed by atoms with van der Waals surface area (Å²) in [4.78, 5) is 16.9. The molecule has 0 bridgehead atoms. The van der Waals surface area contributed by atoms with Gasteiger partial charge in [0.25, 0.3) is 0 Å². The summed E-state index contributed by atoms with van der Waals surface area (Å²) < 4.78 is 0. The molecule has 4 rings (SSSR count). The summed E-state index contributed by atoms with van der Waals surface area (Å²) in [6, 6.07) is 9.80. The van der Waals surface area contributed by atoms with E-state index in [1.807, 2.05) is 49.3 Å². The monoisotopic (exact) mass is 362 g/mol. The molecule has 4 heterocycles. The molecule has 1 fully saturated rings. The quantitative estimate of drug-likeness (QED) is 0.712. The predicted octanol–water partition coefficient (Wildman–Crippen LogP) is 1.94. The molecule has 0 saturated carbocycles. The van der Waals surface area contributed by atoms with Crippen LogP contribution in [0, 0.1) is 5.92 Å². The summed E-state index contributed by atoms with van der Waals surface area (Å²) >= 11 is 0. The minimum atomic E-state index is 0.560. The Bertz CT molecular complexity index is 876. The summed E-state index contributed by atoms with van der Waals surface area (Å²) in [6.07, 6.45) is 5.30. The summed E-state index contributed by atoms with van der Waals surface area (Å²) in [5.74, 6) is 3.04. The molecular formula is C19H22N8. The van der Waals surface area contributed by atoms with Crippen LogP contribution in [-0.4, -0.2) is 58.9 Å². The van der Waals surface area contributed by atoms with E-state index >= 15 is 0 Å². The lowest BCUT2D eigenvalue weighted by atomic mass is 10.0. The second kappa shape index (κ2) is 7.53. The lowest BCUT2D eigenvalue weighted by molar-refractivity contribution is 0.425. The minimum Gasteiger partial charge on any atom is -0.369 e. The zero-order valence-corrected chi connectivity index (χ0v) is 15.4. The number of nitrogens with zero attached hydrogens (tertiary/aromatic N) is 7. The van der Waals surface area contributed by atoms with Crippen LogP contribution >= 0.6 is 0 Å². The maximum Gasteiger partial charge on any atom is 0.226 e. The predicted molar refractivity (Wildman–Crippen MR) is 106 cm³/mol. The molecule has 8 nitrogen and oxygen atoms in total. The number of rotatable bonds is 6. The number of nitrogens with one attached hydrogen (secondary N) is 1. The first-order chi connectivity index (χ1) is 13.2. The van der Waals surface area contributed by atoms with Crippen molar-refractivity contribution in [3.63, 3.8) is 0 Å². The molecule has 1 aliphatic rings. The Morgan fingerprint density at radius 1 is 1.04 bits per heavy atom. The molecule has 0 aliphatic carbocycles. The third-order valence-corrected chi connectivity index (χ3v) is 4.52. The first-order valence-electron chi connectivity index (χ1n) is 8.92. The first-order valence-corrected chi connectivity index (χ1v) is 8.92. The number of hydrogen-bond acceptors (Lipinski definition) is 8. The van der Waals surface area contributed by atoms with Crippen LogP contribution < -0.4 is 15.1 Å². The number of pyridine rings is 1. The maximum atomic E-state index is 4.48. The molecular weight excluding hydrogens is 340 g/mol. The van der Waals surface area contributed by atoms with Crippen molar-refractivity contribution in [3.05, 3.63) is 48.9 Å². The van der Waals surface area contributed by atoms with E-state index in [-0.39, 0.29) is 0 Å². The van der Waals surface area contributed by atoms with E-state index in [4.69, 9.17) is 0 Å². The Morgan fingerprint density at radius 2 is 1.85 bits per heavy atom. The van der Waals surface area contributed by atoms with Crippen molar-refractivity contribution in [1.29, 1.82) is 0 Å². The van der Waals surface area contributed by atoms with Gasteiger partial charge < -0.3 is 15.1 Å². The van der Waals surface area contributed by atoms with Crippen molar-refractivity contribution in [2.45, 2.75) is 0 Å². The topological polar surface area (TPSA) is 83.0 Å². The normalized spacial score (nSPS) is 13.9. The smallest absolute Gasteiger partial charge is 0.226 e. The molecule has 3 aromatic rings. The largest absolute Gasteiger partial charge is 0.369 e. The molecule has 8 heteroatoms. The van der Waals surface area contributed by atoms with Crippen LogP contribution in [-0.2, 0) is 0 Å².